The van der Waals surface area contributed by atoms with Crippen LogP contribution in [0.5, 0.6) is 5.75 Å². The van der Waals surface area contributed by atoms with Crippen LogP contribution in [0.3, 0.4) is 0 Å². The minimum atomic E-state index is -3.51. The van der Waals surface area contributed by atoms with Gasteiger partial charge in [0.05, 0.1) is 29.9 Å². The number of hydrogen-bond acceptors (Lipinski definition) is 6. The molecule has 8 nitrogen and oxygen atoms in total. The van der Waals surface area contributed by atoms with Crippen molar-refractivity contribution in [1.29, 1.82) is 0 Å². The van der Waals surface area contributed by atoms with Gasteiger partial charge >= 0.3 is 0 Å². The summed E-state index contributed by atoms with van der Waals surface area (Å²) in [6, 6.07) is 13.5. The van der Waals surface area contributed by atoms with Crippen LogP contribution in [0.25, 0.3) is 11.4 Å². The molecular weight excluding hydrogens is 392 g/mol. The van der Waals surface area contributed by atoms with E-state index < -0.39 is 15.7 Å². The molecule has 3 rings (SSSR count). The van der Waals surface area contributed by atoms with Gasteiger partial charge in [-0.2, -0.15) is 5.10 Å². The first-order valence-electron chi connectivity index (χ1n) is 9.10. The Morgan fingerprint density at radius 1 is 1.14 bits per heavy atom. The average molecular weight is 414 g/mol. The number of hydrogen-bond donors (Lipinski definition) is 2. The van der Waals surface area contributed by atoms with Gasteiger partial charge in [-0.3, -0.25) is 9.89 Å². The third-order valence-corrected chi connectivity index (χ3v) is 6.21. The predicted octanol–water partition coefficient (Wildman–Crippen LogP) is 2.59. The zero-order valence-corrected chi connectivity index (χ0v) is 17.0. The molecule has 0 radical (unpaired) electrons. The van der Waals surface area contributed by atoms with Crippen LogP contribution in [0, 0.1) is 0 Å². The highest BCUT2D eigenvalue weighted by Gasteiger charge is 2.21. The average Bonchev–Trinajstić information content (AvgIpc) is 3.21. The summed E-state index contributed by atoms with van der Waals surface area (Å²) < 4.78 is 30.0. The fourth-order valence-corrected chi connectivity index (χ4v) is 4.35. The van der Waals surface area contributed by atoms with Crippen LogP contribution in [0.1, 0.15) is 29.5 Å². The molecule has 0 fully saturated rings. The molecule has 3 aromatic rings. The summed E-state index contributed by atoms with van der Waals surface area (Å²) in [5.41, 5.74) is 0.923. The van der Waals surface area contributed by atoms with Gasteiger partial charge in [-0.15, -0.1) is 0 Å². The Labute approximate surface area is 169 Å². The number of methoxy groups -OCH3 is 1. The van der Waals surface area contributed by atoms with E-state index in [2.05, 4.69) is 20.5 Å². The molecule has 1 aromatic heterocycles. The van der Waals surface area contributed by atoms with Crippen molar-refractivity contribution < 1.29 is 17.9 Å². The molecule has 2 aromatic carbocycles. The van der Waals surface area contributed by atoms with Crippen LogP contribution in [-0.2, 0) is 16.4 Å². The summed E-state index contributed by atoms with van der Waals surface area (Å²) in [5.74, 6) is 1.18. The van der Waals surface area contributed by atoms with E-state index in [1.807, 2.05) is 12.1 Å². The van der Waals surface area contributed by atoms with Crippen molar-refractivity contribution >= 4 is 15.7 Å². The number of sulfone groups is 1. The molecule has 1 heterocycles. The molecule has 0 saturated carbocycles. The van der Waals surface area contributed by atoms with Gasteiger partial charge in [0.1, 0.15) is 11.6 Å². The van der Waals surface area contributed by atoms with E-state index >= 15 is 0 Å². The maximum absolute atomic E-state index is 12.6. The molecule has 9 heteroatoms. The van der Waals surface area contributed by atoms with Crippen LogP contribution < -0.4 is 10.1 Å². The third-order valence-electron chi connectivity index (χ3n) is 4.24. The van der Waals surface area contributed by atoms with E-state index in [4.69, 9.17) is 4.74 Å². The number of aromatic nitrogens is 3. The standard InChI is InChI=1S/C20H22N4O4S/c1-3-12-29(26,27)17-7-5-4-6-16(17)20(25)21-13-18-22-19(24-23-18)14-8-10-15(28-2)11-9-14/h4-11H,3,12-13H2,1-2H3,(H,21,25)(H,22,23,24). The largest absolute Gasteiger partial charge is 0.497 e. The van der Waals surface area contributed by atoms with Crippen molar-refractivity contribution in [2.75, 3.05) is 12.9 Å². The Bertz CT molecular complexity index is 1090. The second kappa shape index (κ2) is 8.87. The van der Waals surface area contributed by atoms with Gasteiger partial charge in [-0.25, -0.2) is 13.4 Å². The number of carbonyl (C=O) groups excluding carboxylic acids is 1. The van der Waals surface area contributed by atoms with E-state index in [0.29, 0.717) is 18.1 Å². The van der Waals surface area contributed by atoms with Gasteiger partial charge < -0.3 is 10.1 Å². The Kier molecular flexibility index (Phi) is 6.28. The lowest BCUT2D eigenvalue weighted by atomic mass is 10.2. The number of H-pyrrole nitrogens is 1. The quantitative estimate of drug-likeness (QED) is 0.586. The maximum Gasteiger partial charge on any atom is 0.252 e. The van der Waals surface area contributed by atoms with Gasteiger partial charge in [-0.1, -0.05) is 19.1 Å². The first kappa shape index (κ1) is 20.5. The van der Waals surface area contributed by atoms with Crippen LogP contribution in [0.4, 0.5) is 0 Å². The second-order valence-corrected chi connectivity index (χ2v) is 8.41. The molecule has 0 atom stereocenters. The topological polar surface area (TPSA) is 114 Å². The van der Waals surface area contributed by atoms with Crippen molar-refractivity contribution in [3.8, 4) is 17.1 Å². The Morgan fingerprint density at radius 2 is 1.86 bits per heavy atom. The lowest BCUT2D eigenvalue weighted by Crippen LogP contribution is -2.25. The summed E-state index contributed by atoms with van der Waals surface area (Å²) in [4.78, 5) is 17.0. The third kappa shape index (κ3) is 4.80. The number of benzene rings is 2. The molecule has 0 aliphatic heterocycles. The molecule has 0 unspecified atom stereocenters. The molecule has 152 valence electrons. The SMILES string of the molecule is CCCS(=O)(=O)c1ccccc1C(=O)NCc1nc(-c2ccc(OC)cc2)n[nH]1. The number of carbonyl (C=O) groups is 1. The van der Waals surface area contributed by atoms with Crippen molar-refractivity contribution in [2.45, 2.75) is 24.8 Å². The summed E-state index contributed by atoms with van der Waals surface area (Å²) in [5, 5.41) is 9.62. The molecule has 0 spiro atoms. The van der Waals surface area contributed by atoms with E-state index in [1.165, 1.54) is 12.1 Å². The normalized spacial score (nSPS) is 11.2. The molecule has 29 heavy (non-hydrogen) atoms. The van der Waals surface area contributed by atoms with Gasteiger partial charge in [0.2, 0.25) is 0 Å². The number of amides is 1. The lowest BCUT2D eigenvalue weighted by molar-refractivity contribution is 0.0946. The number of rotatable bonds is 8. The molecule has 1 amide bonds. The molecule has 0 bridgehead atoms. The minimum absolute atomic E-state index is 0.00931. The summed E-state index contributed by atoms with van der Waals surface area (Å²) >= 11 is 0. The first-order valence-corrected chi connectivity index (χ1v) is 10.8. The molecular formula is C20H22N4O4S. The summed E-state index contributed by atoms with van der Waals surface area (Å²) in [6.45, 7) is 1.87. The van der Waals surface area contributed by atoms with Gasteiger partial charge in [-0.05, 0) is 42.8 Å². The predicted molar refractivity (Wildman–Crippen MR) is 108 cm³/mol. The highest BCUT2D eigenvalue weighted by molar-refractivity contribution is 7.91. The number of ether oxygens (including phenoxy) is 1. The fourth-order valence-electron chi connectivity index (χ4n) is 2.81. The maximum atomic E-state index is 12.6. The van der Waals surface area contributed by atoms with Crippen molar-refractivity contribution in [2.24, 2.45) is 0 Å². The minimum Gasteiger partial charge on any atom is -0.497 e. The molecule has 0 aliphatic carbocycles. The van der Waals surface area contributed by atoms with Gasteiger partial charge in [0.15, 0.2) is 15.7 Å². The Balaban J connectivity index is 1.71. The summed E-state index contributed by atoms with van der Waals surface area (Å²) in [7, 11) is -1.92. The number of nitrogens with zero attached hydrogens (tertiary/aromatic N) is 2. The van der Waals surface area contributed by atoms with Gasteiger partial charge in [0.25, 0.3) is 5.91 Å². The second-order valence-electron chi connectivity index (χ2n) is 6.33. The van der Waals surface area contributed by atoms with Crippen LogP contribution >= 0.6 is 0 Å². The van der Waals surface area contributed by atoms with E-state index in [0.717, 1.165) is 11.3 Å². The Morgan fingerprint density at radius 3 is 2.55 bits per heavy atom. The van der Waals surface area contributed by atoms with Crippen molar-refractivity contribution in [3.05, 3.63) is 59.9 Å². The fraction of sp³-hybridized carbons (Fsp3) is 0.250. The van der Waals surface area contributed by atoms with E-state index in [1.54, 1.807) is 38.3 Å². The highest BCUT2D eigenvalue weighted by Crippen LogP contribution is 2.20. The van der Waals surface area contributed by atoms with Gasteiger partial charge in [0, 0.05) is 5.56 Å². The van der Waals surface area contributed by atoms with Crippen LogP contribution in [0.2, 0.25) is 0 Å². The van der Waals surface area contributed by atoms with E-state index in [9.17, 15) is 13.2 Å². The van der Waals surface area contributed by atoms with Crippen LogP contribution in [0.15, 0.2) is 53.4 Å². The highest BCUT2D eigenvalue weighted by atomic mass is 32.2. The zero-order valence-electron chi connectivity index (χ0n) is 16.2. The Hall–Kier alpha value is -3.20. The summed E-state index contributed by atoms with van der Waals surface area (Å²) in [6.07, 6.45) is 0.477. The monoisotopic (exact) mass is 414 g/mol. The van der Waals surface area contributed by atoms with Crippen LogP contribution in [-0.4, -0.2) is 42.4 Å². The van der Waals surface area contributed by atoms with Crippen molar-refractivity contribution in [1.82, 2.24) is 20.5 Å². The number of aromatic amines is 1. The van der Waals surface area contributed by atoms with Crippen molar-refractivity contribution in [3.63, 3.8) is 0 Å². The number of nitrogens with one attached hydrogen (secondary N) is 2. The molecule has 0 saturated heterocycles. The zero-order chi connectivity index (χ0) is 20.9. The smallest absolute Gasteiger partial charge is 0.252 e. The molecule has 2 N–H and O–H groups in total. The van der Waals surface area contributed by atoms with E-state index in [-0.39, 0.29) is 22.8 Å². The lowest BCUT2D eigenvalue weighted by Gasteiger charge is -2.09. The first-order chi connectivity index (χ1) is 13.9. The molecule has 0 aliphatic rings.